The highest BCUT2D eigenvalue weighted by Crippen LogP contribution is 2.19. The zero-order chi connectivity index (χ0) is 19.2. The van der Waals surface area contributed by atoms with E-state index in [1.807, 2.05) is 24.3 Å². The lowest BCUT2D eigenvalue weighted by molar-refractivity contribution is -0.123. The molecule has 1 amide bonds. The van der Waals surface area contributed by atoms with Crippen molar-refractivity contribution in [3.8, 4) is 0 Å². The van der Waals surface area contributed by atoms with Gasteiger partial charge in [-0.15, -0.1) is 0 Å². The third-order valence-corrected chi connectivity index (χ3v) is 4.31. The molecule has 7 nitrogen and oxygen atoms in total. The number of esters is 1. The molecule has 27 heavy (non-hydrogen) atoms. The minimum atomic E-state index is -0.922. The maximum atomic E-state index is 12.3. The average Bonchev–Trinajstić information content (AvgIpc) is 2.69. The van der Waals surface area contributed by atoms with Gasteiger partial charge in [0.05, 0.1) is 18.8 Å². The number of ether oxygens (including phenoxy) is 2. The predicted octanol–water partition coefficient (Wildman–Crippen LogP) is 2.29. The summed E-state index contributed by atoms with van der Waals surface area (Å²) in [6, 6.07) is 13.9. The van der Waals surface area contributed by atoms with Crippen molar-refractivity contribution in [1.82, 2.24) is 0 Å². The van der Waals surface area contributed by atoms with Crippen molar-refractivity contribution in [2.45, 2.75) is 13.0 Å². The van der Waals surface area contributed by atoms with Crippen LogP contribution < -0.4 is 16.0 Å². The van der Waals surface area contributed by atoms with Crippen LogP contribution in [0.5, 0.6) is 0 Å². The van der Waals surface area contributed by atoms with Crippen LogP contribution in [0.3, 0.4) is 0 Å². The number of nitrogen functional groups attached to an aromatic ring is 1. The molecule has 0 unspecified atom stereocenters. The fourth-order valence-electron chi connectivity index (χ4n) is 2.72. The van der Waals surface area contributed by atoms with E-state index in [9.17, 15) is 9.59 Å². The van der Waals surface area contributed by atoms with Crippen LogP contribution >= 0.6 is 0 Å². The zero-order valence-corrected chi connectivity index (χ0v) is 15.2. The summed E-state index contributed by atoms with van der Waals surface area (Å²) >= 11 is 0. The van der Waals surface area contributed by atoms with E-state index in [0.717, 1.165) is 32.0 Å². The van der Waals surface area contributed by atoms with Gasteiger partial charge >= 0.3 is 5.97 Å². The van der Waals surface area contributed by atoms with Gasteiger partial charge in [-0.1, -0.05) is 0 Å². The van der Waals surface area contributed by atoms with Crippen LogP contribution in [-0.2, 0) is 14.3 Å². The largest absolute Gasteiger partial charge is 0.449 e. The molecule has 142 valence electrons. The smallest absolute Gasteiger partial charge is 0.338 e. The Morgan fingerprint density at radius 2 is 1.70 bits per heavy atom. The summed E-state index contributed by atoms with van der Waals surface area (Å²) in [4.78, 5) is 26.6. The Kier molecular flexibility index (Phi) is 5.93. The number of anilines is 3. The second-order valence-corrected chi connectivity index (χ2v) is 6.31. The molecule has 2 aromatic carbocycles. The van der Waals surface area contributed by atoms with Gasteiger partial charge in [0.1, 0.15) is 0 Å². The predicted molar refractivity (Wildman–Crippen MR) is 104 cm³/mol. The first kappa shape index (κ1) is 18.7. The van der Waals surface area contributed by atoms with Crippen molar-refractivity contribution in [3.05, 3.63) is 54.1 Å². The number of hydrogen-bond acceptors (Lipinski definition) is 6. The molecule has 1 aliphatic rings. The summed E-state index contributed by atoms with van der Waals surface area (Å²) in [6.07, 6.45) is -0.922. The molecule has 0 bridgehead atoms. The Labute approximate surface area is 158 Å². The minimum Gasteiger partial charge on any atom is -0.449 e. The summed E-state index contributed by atoms with van der Waals surface area (Å²) < 4.78 is 10.6. The number of amides is 1. The molecule has 0 saturated carbocycles. The van der Waals surface area contributed by atoms with Crippen LogP contribution in [0.25, 0.3) is 0 Å². The highest BCUT2D eigenvalue weighted by Gasteiger charge is 2.19. The quantitative estimate of drug-likeness (QED) is 0.620. The Balaban J connectivity index is 1.54. The first-order chi connectivity index (χ1) is 13.0. The van der Waals surface area contributed by atoms with Crippen molar-refractivity contribution in [2.24, 2.45) is 0 Å². The second kappa shape index (κ2) is 8.55. The highest BCUT2D eigenvalue weighted by atomic mass is 16.5. The highest BCUT2D eigenvalue weighted by molar-refractivity contribution is 5.97. The van der Waals surface area contributed by atoms with Crippen molar-refractivity contribution < 1.29 is 19.1 Å². The van der Waals surface area contributed by atoms with E-state index in [4.69, 9.17) is 15.2 Å². The molecule has 3 N–H and O–H groups in total. The minimum absolute atomic E-state index is 0.346. The molecular formula is C20H23N3O4. The molecule has 3 rings (SSSR count). The Morgan fingerprint density at radius 1 is 1.07 bits per heavy atom. The lowest BCUT2D eigenvalue weighted by atomic mass is 10.2. The standard InChI is InChI=1S/C20H23N3O4/c1-14(27-20(25)15-2-4-16(21)5-3-15)19(24)22-17-6-8-18(9-7-17)23-10-12-26-13-11-23/h2-9,14H,10-13,21H2,1H3,(H,22,24)/t14-/m0/s1. The molecule has 1 saturated heterocycles. The van der Waals surface area contributed by atoms with Gasteiger partial charge in [-0.3, -0.25) is 4.79 Å². The molecule has 0 radical (unpaired) electrons. The maximum Gasteiger partial charge on any atom is 0.338 e. The van der Waals surface area contributed by atoms with Crippen molar-refractivity contribution >= 4 is 28.9 Å². The first-order valence-corrected chi connectivity index (χ1v) is 8.83. The van der Waals surface area contributed by atoms with Crippen molar-refractivity contribution in [3.63, 3.8) is 0 Å². The van der Waals surface area contributed by atoms with Gasteiger partial charge in [0.15, 0.2) is 6.10 Å². The maximum absolute atomic E-state index is 12.3. The fraction of sp³-hybridized carbons (Fsp3) is 0.300. The molecule has 1 atom stereocenters. The topological polar surface area (TPSA) is 93.9 Å². The van der Waals surface area contributed by atoms with Crippen LogP contribution in [0.1, 0.15) is 17.3 Å². The summed E-state index contributed by atoms with van der Waals surface area (Å²) in [5.74, 6) is -0.960. The molecule has 1 heterocycles. The van der Waals surface area contributed by atoms with E-state index < -0.39 is 18.0 Å². The molecule has 1 aliphatic heterocycles. The number of nitrogens with zero attached hydrogens (tertiary/aromatic N) is 1. The zero-order valence-electron chi connectivity index (χ0n) is 15.2. The van der Waals surface area contributed by atoms with Gasteiger partial charge in [0, 0.05) is 30.2 Å². The molecule has 2 aromatic rings. The van der Waals surface area contributed by atoms with Gasteiger partial charge in [0.2, 0.25) is 0 Å². The lowest BCUT2D eigenvalue weighted by Gasteiger charge is -2.28. The van der Waals surface area contributed by atoms with Gasteiger partial charge in [0.25, 0.3) is 5.91 Å². The molecule has 1 fully saturated rings. The molecule has 0 aromatic heterocycles. The molecule has 0 spiro atoms. The average molecular weight is 369 g/mol. The Morgan fingerprint density at radius 3 is 2.33 bits per heavy atom. The van der Waals surface area contributed by atoms with Crippen molar-refractivity contribution in [1.29, 1.82) is 0 Å². The first-order valence-electron chi connectivity index (χ1n) is 8.83. The van der Waals surface area contributed by atoms with Crippen LogP contribution in [0.15, 0.2) is 48.5 Å². The second-order valence-electron chi connectivity index (χ2n) is 6.31. The summed E-state index contributed by atoms with van der Waals surface area (Å²) in [6.45, 7) is 4.67. The summed E-state index contributed by atoms with van der Waals surface area (Å²) in [5.41, 5.74) is 8.22. The number of nitrogens with two attached hydrogens (primary N) is 1. The molecule has 0 aliphatic carbocycles. The van der Waals surface area contributed by atoms with Gasteiger partial charge in [-0.2, -0.15) is 0 Å². The number of benzene rings is 2. The Bertz CT molecular complexity index is 784. The monoisotopic (exact) mass is 369 g/mol. The van der Waals surface area contributed by atoms with Gasteiger partial charge < -0.3 is 25.4 Å². The van der Waals surface area contributed by atoms with Crippen LogP contribution in [0.2, 0.25) is 0 Å². The van der Waals surface area contributed by atoms with E-state index in [1.54, 1.807) is 24.3 Å². The SMILES string of the molecule is C[C@H](OC(=O)c1ccc(N)cc1)C(=O)Nc1ccc(N2CCOCC2)cc1. The van der Waals surface area contributed by atoms with E-state index >= 15 is 0 Å². The summed E-state index contributed by atoms with van der Waals surface area (Å²) in [7, 11) is 0. The van der Waals surface area contributed by atoms with Gasteiger partial charge in [-0.05, 0) is 55.5 Å². The summed E-state index contributed by atoms with van der Waals surface area (Å²) in [5, 5.41) is 2.76. The normalized spacial score (nSPS) is 15.1. The third-order valence-electron chi connectivity index (χ3n) is 4.31. The number of carbonyl (C=O) groups is 2. The van der Waals surface area contributed by atoms with Crippen LogP contribution in [0, 0.1) is 0 Å². The number of carbonyl (C=O) groups excluding carboxylic acids is 2. The van der Waals surface area contributed by atoms with Gasteiger partial charge in [-0.25, -0.2) is 4.79 Å². The molecule has 7 heteroatoms. The van der Waals surface area contributed by atoms with Crippen LogP contribution in [-0.4, -0.2) is 44.3 Å². The van der Waals surface area contributed by atoms with Crippen LogP contribution in [0.4, 0.5) is 17.1 Å². The van der Waals surface area contributed by atoms with E-state index in [0.29, 0.717) is 16.9 Å². The Hall–Kier alpha value is -3.06. The van der Waals surface area contributed by atoms with Crippen molar-refractivity contribution in [2.75, 3.05) is 42.3 Å². The van der Waals surface area contributed by atoms with E-state index in [-0.39, 0.29) is 0 Å². The lowest BCUT2D eigenvalue weighted by Crippen LogP contribution is -2.36. The number of morpholine rings is 1. The molecular weight excluding hydrogens is 346 g/mol. The number of nitrogens with one attached hydrogen (secondary N) is 1. The number of rotatable bonds is 5. The third kappa shape index (κ3) is 4.98. The van der Waals surface area contributed by atoms with E-state index in [1.165, 1.54) is 6.92 Å². The van der Waals surface area contributed by atoms with E-state index in [2.05, 4.69) is 10.2 Å². The number of hydrogen-bond donors (Lipinski definition) is 2. The fourth-order valence-corrected chi connectivity index (χ4v) is 2.72.